The van der Waals surface area contributed by atoms with E-state index in [1.807, 2.05) is 91.0 Å². The van der Waals surface area contributed by atoms with Gasteiger partial charge in [-0.15, -0.1) is 0 Å². The zero-order valence-corrected chi connectivity index (χ0v) is 36.0. The average molecular weight is 847 g/mol. The molecule has 0 bridgehead atoms. The Balaban J connectivity index is 1.35. The minimum atomic E-state index is -1.65. The third-order valence-electron chi connectivity index (χ3n) is 10.4. The molecule has 1 unspecified atom stereocenters. The summed E-state index contributed by atoms with van der Waals surface area (Å²) in [5.41, 5.74) is 0.241. The van der Waals surface area contributed by atoms with E-state index in [1.54, 1.807) is 58.0 Å². The van der Waals surface area contributed by atoms with Gasteiger partial charge in [-0.3, -0.25) is 14.4 Å². The molecule has 5 rings (SSSR count). The highest BCUT2D eigenvalue weighted by Gasteiger charge is 2.42. The summed E-state index contributed by atoms with van der Waals surface area (Å²) in [4.78, 5) is 84.1. The zero-order chi connectivity index (χ0) is 44.5. The Morgan fingerprint density at radius 2 is 1.27 bits per heavy atom. The number of hydrogen-bond acceptors (Lipinski definition) is 9. The van der Waals surface area contributed by atoms with Crippen LogP contribution in [-0.4, -0.2) is 83.1 Å². The van der Waals surface area contributed by atoms with E-state index in [4.69, 9.17) is 14.2 Å². The van der Waals surface area contributed by atoms with Gasteiger partial charge in [-0.1, -0.05) is 109 Å². The summed E-state index contributed by atoms with van der Waals surface area (Å²) < 4.78 is 16.6. The molecular formula is C49H58N4O9. The number of esters is 2. The summed E-state index contributed by atoms with van der Waals surface area (Å²) in [6.07, 6.45) is 1.20. The third-order valence-corrected chi connectivity index (χ3v) is 10.4. The maximum Gasteiger partial charge on any atom is 0.408 e. The first-order chi connectivity index (χ1) is 29.7. The van der Waals surface area contributed by atoms with Crippen LogP contribution in [0.25, 0.3) is 0 Å². The summed E-state index contributed by atoms with van der Waals surface area (Å²) in [5, 5.41) is 8.56. The first-order valence-electron chi connectivity index (χ1n) is 21.1. The van der Waals surface area contributed by atoms with Crippen LogP contribution in [0.15, 0.2) is 121 Å². The summed E-state index contributed by atoms with van der Waals surface area (Å²) in [7, 11) is 0. The first kappa shape index (κ1) is 46.6. The maximum atomic E-state index is 14.8. The molecule has 13 heteroatoms. The molecular weight excluding hydrogens is 789 g/mol. The van der Waals surface area contributed by atoms with Gasteiger partial charge in [-0.05, 0) is 88.6 Å². The van der Waals surface area contributed by atoms with Crippen molar-refractivity contribution in [3.8, 4) is 0 Å². The number of carbonyl (C=O) groups is 6. The van der Waals surface area contributed by atoms with Gasteiger partial charge >= 0.3 is 18.0 Å². The molecule has 62 heavy (non-hydrogen) atoms. The number of likely N-dealkylation sites (tertiary alicyclic amines) is 1. The molecule has 13 nitrogen and oxygen atoms in total. The molecule has 328 valence electrons. The second kappa shape index (κ2) is 22.4. The Labute approximate surface area is 363 Å². The molecule has 4 amide bonds. The molecule has 0 saturated carbocycles. The van der Waals surface area contributed by atoms with Crippen LogP contribution in [0.2, 0.25) is 0 Å². The Morgan fingerprint density at radius 1 is 0.694 bits per heavy atom. The van der Waals surface area contributed by atoms with Crippen molar-refractivity contribution in [1.29, 1.82) is 0 Å². The van der Waals surface area contributed by atoms with Crippen molar-refractivity contribution in [2.75, 3.05) is 13.2 Å². The smallest absolute Gasteiger partial charge is 0.408 e. The number of nitrogens with one attached hydrogen (secondary N) is 3. The van der Waals surface area contributed by atoms with Crippen LogP contribution < -0.4 is 16.0 Å². The molecule has 1 aliphatic heterocycles. The lowest BCUT2D eigenvalue weighted by molar-refractivity contribution is -0.155. The fourth-order valence-electron chi connectivity index (χ4n) is 7.20. The highest BCUT2D eigenvalue weighted by atomic mass is 16.6. The quantitative estimate of drug-likeness (QED) is 0.0543. The Hall–Kier alpha value is -6.50. The number of unbranched alkanes of at least 4 members (excludes halogenated alkanes) is 1. The summed E-state index contributed by atoms with van der Waals surface area (Å²) in [6, 6.07) is 33.1. The van der Waals surface area contributed by atoms with E-state index >= 15 is 0 Å². The van der Waals surface area contributed by atoms with Crippen molar-refractivity contribution in [2.45, 2.75) is 109 Å². The second-order valence-electron chi connectivity index (χ2n) is 16.7. The number of rotatable bonds is 19. The van der Waals surface area contributed by atoms with Gasteiger partial charge < -0.3 is 35.1 Å². The van der Waals surface area contributed by atoms with Gasteiger partial charge in [-0.25, -0.2) is 14.4 Å². The highest BCUT2D eigenvalue weighted by Crippen LogP contribution is 2.23. The van der Waals surface area contributed by atoms with Crippen LogP contribution >= 0.6 is 0 Å². The van der Waals surface area contributed by atoms with Crippen molar-refractivity contribution < 1.29 is 43.0 Å². The molecule has 0 spiro atoms. The predicted octanol–water partition coefficient (Wildman–Crippen LogP) is 6.49. The van der Waals surface area contributed by atoms with Gasteiger partial charge in [0, 0.05) is 19.4 Å². The van der Waals surface area contributed by atoms with Crippen LogP contribution in [0.5, 0.6) is 0 Å². The van der Waals surface area contributed by atoms with E-state index in [1.165, 1.54) is 4.90 Å². The lowest BCUT2D eigenvalue weighted by atomic mass is 9.90. The SMILES string of the molecule is CC(C)(C)OC(=O)N[C@@H](CCCCOC(=O)c1ccccc1)C(=O)N[C@](C)(Cc1ccccc1)C(=O)NC(Cc1ccccc1)C(=O)N1CCC[C@@H]1C(=O)OCc1ccccc1. The summed E-state index contributed by atoms with van der Waals surface area (Å²) in [5.74, 6) is -2.75. The fourth-order valence-corrected chi connectivity index (χ4v) is 7.20. The molecule has 4 aromatic rings. The van der Waals surface area contributed by atoms with E-state index in [2.05, 4.69) is 16.0 Å². The minimum absolute atomic E-state index is 0.0321. The number of hydrogen-bond donors (Lipinski definition) is 3. The molecule has 4 atom stereocenters. The predicted molar refractivity (Wildman–Crippen MR) is 233 cm³/mol. The first-order valence-corrected chi connectivity index (χ1v) is 21.1. The van der Waals surface area contributed by atoms with E-state index < -0.39 is 65.0 Å². The number of alkyl carbamates (subject to hydrolysis) is 1. The zero-order valence-electron chi connectivity index (χ0n) is 36.0. The number of benzene rings is 4. The molecule has 1 heterocycles. The van der Waals surface area contributed by atoms with E-state index in [0.717, 1.165) is 16.7 Å². The molecule has 4 aromatic carbocycles. The largest absolute Gasteiger partial charge is 0.462 e. The molecule has 1 saturated heterocycles. The van der Waals surface area contributed by atoms with Crippen molar-refractivity contribution in [3.63, 3.8) is 0 Å². The Morgan fingerprint density at radius 3 is 1.89 bits per heavy atom. The van der Waals surface area contributed by atoms with Crippen LogP contribution in [0.3, 0.4) is 0 Å². The van der Waals surface area contributed by atoms with Gasteiger partial charge in [0.05, 0.1) is 12.2 Å². The van der Waals surface area contributed by atoms with Crippen molar-refractivity contribution >= 4 is 35.8 Å². The van der Waals surface area contributed by atoms with Crippen molar-refractivity contribution in [1.82, 2.24) is 20.9 Å². The van der Waals surface area contributed by atoms with Crippen LogP contribution in [0, 0.1) is 0 Å². The second-order valence-corrected chi connectivity index (χ2v) is 16.7. The highest BCUT2D eigenvalue weighted by molar-refractivity contribution is 5.97. The lowest BCUT2D eigenvalue weighted by Gasteiger charge is -2.35. The van der Waals surface area contributed by atoms with Crippen LogP contribution in [-0.2, 0) is 52.8 Å². The number of nitrogens with zero attached hydrogens (tertiary/aromatic N) is 1. The monoisotopic (exact) mass is 846 g/mol. The van der Waals surface area contributed by atoms with E-state index in [0.29, 0.717) is 37.8 Å². The fraction of sp³-hybridized carbons (Fsp3) is 0.388. The molecule has 0 aliphatic carbocycles. The van der Waals surface area contributed by atoms with E-state index in [9.17, 15) is 28.8 Å². The Bertz CT molecular complexity index is 2100. The maximum absolute atomic E-state index is 14.8. The van der Waals surface area contributed by atoms with Gasteiger partial charge in [0.2, 0.25) is 17.7 Å². The van der Waals surface area contributed by atoms with Gasteiger partial charge in [-0.2, -0.15) is 0 Å². The van der Waals surface area contributed by atoms with Crippen molar-refractivity contribution in [3.05, 3.63) is 144 Å². The van der Waals surface area contributed by atoms with Gasteiger partial charge in [0.15, 0.2) is 0 Å². The molecule has 0 aromatic heterocycles. The molecule has 0 radical (unpaired) electrons. The number of carbonyl (C=O) groups excluding carboxylic acids is 6. The summed E-state index contributed by atoms with van der Waals surface area (Å²) >= 11 is 0. The number of ether oxygens (including phenoxy) is 3. The molecule has 1 aliphatic rings. The molecule has 1 fully saturated rings. The lowest BCUT2D eigenvalue weighted by Crippen LogP contribution is -2.64. The normalized spacial score (nSPS) is 15.5. The topological polar surface area (TPSA) is 169 Å². The van der Waals surface area contributed by atoms with E-state index in [-0.39, 0.29) is 32.5 Å². The van der Waals surface area contributed by atoms with Crippen molar-refractivity contribution in [2.24, 2.45) is 0 Å². The third kappa shape index (κ3) is 14.3. The van der Waals surface area contributed by atoms with Gasteiger partial charge in [0.25, 0.3) is 0 Å². The minimum Gasteiger partial charge on any atom is -0.462 e. The Kier molecular flexibility index (Phi) is 16.8. The summed E-state index contributed by atoms with van der Waals surface area (Å²) in [6.45, 7) is 7.13. The van der Waals surface area contributed by atoms with Crippen LogP contribution in [0.4, 0.5) is 4.79 Å². The average Bonchev–Trinajstić information content (AvgIpc) is 3.75. The van der Waals surface area contributed by atoms with Gasteiger partial charge in [0.1, 0.15) is 35.9 Å². The standard InChI is InChI=1S/C49H58N4O9/c1-48(2,3)62-47(59)51-39(28-17-18-31-60-44(56)38-26-15-8-16-27-38)42(54)52-49(4,33-36-22-11-6-12-23-36)46(58)50-40(32-35-20-9-5-10-21-35)43(55)53-30-19-29-41(53)45(57)61-34-37-24-13-7-14-25-37/h5-16,20-27,39-41H,17-19,28-34H2,1-4H3,(H,50,58)(H,51,59)(H,52,54)/t39-,40?,41+,49+/m0/s1. The number of amides is 4. The molecule has 3 N–H and O–H groups in total. The van der Waals surface area contributed by atoms with Crippen LogP contribution in [0.1, 0.15) is 86.8 Å².